The number of aromatic nitrogens is 2. The molecular formula is C25H28F3N7O3. The van der Waals surface area contributed by atoms with Crippen molar-refractivity contribution < 1.29 is 27.5 Å². The minimum atomic E-state index is -0.799. The molecule has 13 heteroatoms. The van der Waals surface area contributed by atoms with Gasteiger partial charge in [0.1, 0.15) is 11.6 Å². The van der Waals surface area contributed by atoms with Gasteiger partial charge in [-0.2, -0.15) is 5.10 Å². The van der Waals surface area contributed by atoms with Crippen LogP contribution >= 0.6 is 0 Å². The number of ether oxygens (including phenoxy) is 1. The second-order valence-electron chi connectivity index (χ2n) is 9.74. The summed E-state index contributed by atoms with van der Waals surface area (Å²) >= 11 is 0. The van der Waals surface area contributed by atoms with E-state index in [1.807, 2.05) is 13.8 Å². The second kappa shape index (κ2) is 10.6. The van der Waals surface area contributed by atoms with Gasteiger partial charge in [0.2, 0.25) is 5.95 Å². The van der Waals surface area contributed by atoms with Gasteiger partial charge >= 0.3 is 6.03 Å². The van der Waals surface area contributed by atoms with Crippen LogP contribution in [0.1, 0.15) is 42.4 Å². The third kappa shape index (κ3) is 5.28. The molecule has 1 aromatic heterocycles. The fourth-order valence-corrected chi connectivity index (χ4v) is 4.77. The molecule has 3 aliphatic heterocycles. The predicted octanol–water partition coefficient (Wildman–Crippen LogP) is 2.82. The molecule has 3 aliphatic rings. The summed E-state index contributed by atoms with van der Waals surface area (Å²) in [5, 5.41) is 5.37. The van der Waals surface area contributed by atoms with Crippen molar-refractivity contribution in [1.29, 1.82) is 0 Å². The lowest BCUT2D eigenvalue weighted by Crippen LogP contribution is -2.55. The molecular weight excluding hydrogens is 503 g/mol. The Balaban J connectivity index is 1.21. The van der Waals surface area contributed by atoms with Gasteiger partial charge in [-0.3, -0.25) is 4.79 Å². The van der Waals surface area contributed by atoms with Gasteiger partial charge in [0, 0.05) is 58.0 Å². The Morgan fingerprint density at radius 3 is 2.34 bits per heavy atom. The SMILES string of the molecule is CC(C)OC1CN(C(=O)c2nc(N3CCN(C(=O)N4N=CC[C@H]4c4cc(F)cc(F)c4)CC3)ncc2F)C1. The number of anilines is 1. The Labute approximate surface area is 217 Å². The van der Waals surface area contributed by atoms with Crippen LogP contribution in [0.5, 0.6) is 0 Å². The molecule has 0 unspecified atom stereocenters. The molecule has 2 saturated heterocycles. The summed E-state index contributed by atoms with van der Waals surface area (Å²) in [5.74, 6) is -2.56. The number of urea groups is 1. The zero-order valence-electron chi connectivity index (χ0n) is 21.1. The molecule has 0 bridgehead atoms. The van der Waals surface area contributed by atoms with Crippen molar-refractivity contribution in [3.05, 3.63) is 53.1 Å². The van der Waals surface area contributed by atoms with E-state index >= 15 is 0 Å². The van der Waals surface area contributed by atoms with E-state index in [2.05, 4.69) is 15.1 Å². The van der Waals surface area contributed by atoms with Crippen LogP contribution < -0.4 is 4.90 Å². The average molecular weight is 532 g/mol. The summed E-state index contributed by atoms with van der Waals surface area (Å²) in [5.41, 5.74) is 0.0289. The molecule has 5 rings (SSSR count). The van der Waals surface area contributed by atoms with Gasteiger partial charge in [0.25, 0.3) is 5.91 Å². The van der Waals surface area contributed by atoms with Crippen molar-refractivity contribution in [2.45, 2.75) is 38.5 Å². The van der Waals surface area contributed by atoms with Gasteiger partial charge < -0.3 is 19.4 Å². The molecule has 4 heterocycles. The minimum Gasteiger partial charge on any atom is -0.372 e. The second-order valence-corrected chi connectivity index (χ2v) is 9.74. The fourth-order valence-electron chi connectivity index (χ4n) is 4.77. The number of rotatable bonds is 5. The van der Waals surface area contributed by atoms with Gasteiger partial charge in [-0.15, -0.1) is 0 Å². The van der Waals surface area contributed by atoms with E-state index in [-0.39, 0.29) is 29.9 Å². The maximum atomic E-state index is 14.4. The monoisotopic (exact) mass is 531 g/mol. The van der Waals surface area contributed by atoms with Crippen LogP contribution in [0.2, 0.25) is 0 Å². The Morgan fingerprint density at radius 2 is 1.68 bits per heavy atom. The van der Waals surface area contributed by atoms with E-state index in [4.69, 9.17) is 4.74 Å². The first-order chi connectivity index (χ1) is 18.2. The quantitative estimate of drug-likeness (QED) is 0.589. The Hall–Kier alpha value is -3.74. The van der Waals surface area contributed by atoms with Crippen LogP contribution in [-0.2, 0) is 4.74 Å². The molecule has 2 aromatic rings. The van der Waals surface area contributed by atoms with E-state index in [0.29, 0.717) is 51.3 Å². The Bertz CT molecular complexity index is 1230. The van der Waals surface area contributed by atoms with Crippen molar-refractivity contribution >= 4 is 24.1 Å². The molecule has 1 atom stereocenters. The van der Waals surface area contributed by atoms with Crippen molar-refractivity contribution in [2.24, 2.45) is 5.10 Å². The van der Waals surface area contributed by atoms with Crippen LogP contribution in [0.3, 0.4) is 0 Å². The number of hydrazone groups is 1. The van der Waals surface area contributed by atoms with Crippen LogP contribution in [0.15, 0.2) is 29.5 Å². The first-order valence-electron chi connectivity index (χ1n) is 12.5. The Kier molecular flexibility index (Phi) is 7.19. The summed E-state index contributed by atoms with van der Waals surface area (Å²) in [6, 6.07) is 2.18. The van der Waals surface area contributed by atoms with Crippen LogP contribution in [-0.4, -0.2) is 94.4 Å². The third-order valence-corrected chi connectivity index (χ3v) is 6.66. The van der Waals surface area contributed by atoms with E-state index in [1.165, 1.54) is 22.0 Å². The van der Waals surface area contributed by atoms with Gasteiger partial charge in [0.15, 0.2) is 11.5 Å². The highest BCUT2D eigenvalue weighted by molar-refractivity contribution is 5.93. The van der Waals surface area contributed by atoms with Crippen molar-refractivity contribution in [1.82, 2.24) is 24.8 Å². The number of hydrogen-bond acceptors (Lipinski definition) is 7. The molecule has 10 nitrogen and oxygen atoms in total. The van der Waals surface area contributed by atoms with Gasteiger partial charge in [-0.05, 0) is 31.5 Å². The number of amides is 3. The largest absolute Gasteiger partial charge is 0.372 e. The normalized spacial score (nSPS) is 19.9. The highest BCUT2D eigenvalue weighted by Crippen LogP contribution is 2.30. The average Bonchev–Trinajstić information content (AvgIpc) is 3.35. The lowest BCUT2D eigenvalue weighted by atomic mass is 10.0. The summed E-state index contributed by atoms with van der Waals surface area (Å²) in [7, 11) is 0. The maximum absolute atomic E-state index is 14.4. The summed E-state index contributed by atoms with van der Waals surface area (Å²) in [6.07, 6.45) is 2.83. The first-order valence-corrected chi connectivity index (χ1v) is 12.5. The number of carbonyl (C=O) groups is 2. The van der Waals surface area contributed by atoms with E-state index in [1.54, 1.807) is 16.0 Å². The van der Waals surface area contributed by atoms with Crippen molar-refractivity contribution in [2.75, 3.05) is 44.2 Å². The van der Waals surface area contributed by atoms with Gasteiger partial charge in [-0.25, -0.2) is 32.9 Å². The summed E-state index contributed by atoms with van der Waals surface area (Å²) < 4.78 is 47.6. The Morgan fingerprint density at radius 1 is 1.00 bits per heavy atom. The maximum Gasteiger partial charge on any atom is 0.341 e. The summed E-state index contributed by atoms with van der Waals surface area (Å²) in [6.45, 7) is 5.84. The molecule has 0 saturated carbocycles. The number of halogens is 3. The van der Waals surface area contributed by atoms with E-state index < -0.39 is 29.4 Å². The molecule has 0 aliphatic carbocycles. The van der Waals surface area contributed by atoms with Crippen LogP contribution in [0.25, 0.3) is 0 Å². The molecule has 2 fully saturated rings. The summed E-state index contributed by atoms with van der Waals surface area (Å²) in [4.78, 5) is 39.1. The smallest absolute Gasteiger partial charge is 0.341 e. The number of hydrogen-bond donors (Lipinski definition) is 0. The number of nitrogens with zero attached hydrogens (tertiary/aromatic N) is 7. The van der Waals surface area contributed by atoms with Crippen molar-refractivity contribution in [3.63, 3.8) is 0 Å². The molecule has 3 amide bonds. The van der Waals surface area contributed by atoms with Crippen LogP contribution in [0, 0.1) is 17.5 Å². The standard InChI is InChI=1S/C25H28F3N7O3/c1-15(2)38-19-13-34(14-19)23(36)22-20(28)12-29-24(31-22)32-5-7-33(8-6-32)25(37)35-21(3-4-30-35)16-9-17(26)11-18(27)10-16/h4,9-12,15,19,21H,3,5-8,13-14H2,1-2H3/t21-/m0/s1. The molecule has 202 valence electrons. The topological polar surface area (TPSA) is 94.5 Å². The molecule has 38 heavy (non-hydrogen) atoms. The van der Waals surface area contributed by atoms with E-state index in [0.717, 1.165) is 12.3 Å². The number of piperazine rings is 1. The zero-order valence-corrected chi connectivity index (χ0v) is 21.1. The highest BCUT2D eigenvalue weighted by atomic mass is 19.1. The lowest BCUT2D eigenvalue weighted by Gasteiger charge is -2.39. The predicted molar refractivity (Wildman–Crippen MR) is 131 cm³/mol. The minimum absolute atomic E-state index is 0.0395. The first kappa shape index (κ1) is 25.9. The van der Waals surface area contributed by atoms with Gasteiger partial charge in [0.05, 0.1) is 24.4 Å². The molecule has 0 spiro atoms. The molecule has 0 N–H and O–H groups in total. The third-order valence-electron chi connectivity index (χ3n) is 6.66. The van der Waals surface area contributed by atoms with Gasteiger partial charge in [-0.1, -0.05) is 0 Å². The fraction of sp³-hybridized carbons (Fsp3) is 0.480. The lowest BCUT2D eigenvalue weighted by molar-refractivity contribution is -0.0687. The van der Waals surface area contributed by atoms with Crippen molar-refractivity contribution in [3.8, 4) is 0 Å². The zero-order chi connectivity index (χ0) is 27.0. The molecule has 1 aromatic carbocycles. The number of carbonyl (C=O) groups excluding carboxylic acids is 2. The highest BCUT2D eigenvalue weighted by Gasteiger charge is 2.36. The van der Waals surface area contributed by atoms with Crippen LogP contribution in [0.4, 0.5) is 23.9 Å². The number of likely N-dealkylation sites (tertiary alicyclic amines) is 1. The number of benzene rings is 1. The van der Waals surface area contributed by atoms with E-state index in [9.17, 15) is 22.8 Å². The molecule has 0 radical (unpaired) electrons.